The summed E-state index contributed by atoms with van der Waals surface area (Å²) in [6.07, 6.45) is 0. The van der Waals surface area contributed by atoms with Gasteiger partial charge in [-0.05, 0) is 65.4 Å². The minimum atomic E-state index is -0.979. The second kappa shape index (κ2) is 9.65. The normalized spacial score (nSPS) is 17.2. The Kier molecular flexibility index (Phi) is 6.74. The van der Waals surface area contributed by atoms with Crippen molar-refractivity contribution in [3.05, 3.63) is 106 Å². The van der Waals surface area contributed by atoms with E-state index in [4.69, 9.17) is 4.74 Å². The van der Waals surface area contributed by atoms with Crippen molar-refractivity contribution in [1.82, 2.24) is 0 Å². The predicted molar refractivity (Wildman–Crippen MR) is 139 cm³/mol. The Labute approximate surface area is 215 Å². The molecule has 7 heteroatoms. The van der Waals surface area contributed by atoms with Crippen molar-refractivity contribution < 1.29 is 28.6 Å². The Hall–Kier alpha value is -4.26. The van der Waals surface area contributed by atoms with E-state index in [0.29, 0.717) is 11.3 Å². The fourth-order valence-corrected chi connectivity index (χ4v) is 4.43. The molecule has 1 heterocycles. The molecule has 3 aromatic carbocycles. The fourth-order valence-electron chi connectivity index (χ4n) is 4.43. The number of aliphatic hydroxyl groups is 1. The number of hydrogen-bond acceptors (Lipinski definition) is 5. The Morgan fingerprint density at radius 2 is 1.65 bits per heavy atom. The Morgan fingerprint density at radius 1 is 0.973 bits per heavy atom. The highest BCUT2D eigenvalue weighted by atomic mass is 19.1. The van der Waals surface area contributed by atoms with Crippen LogP contribution in [0, 0.1) is 12.7 Å². The topological polar surface area (TPSA) is 83.9 Å². The lowest BCUT2D eigenvalue weighted by molar-refractivity contribution is -0.132. The van der Waals surface area contributed by atoms with Crippen LogP contribution in [-0.4, -0.2) is 29.9 Å². The van der Waals surface area contributed by atoms with Gasteiger partial charge in [0.25, 0.3) is 11.7 Å². The van der Waals surface area contributed by atoms with E-state index < -0.39 is 35.3 Å². The van der Waals surface area contributed by atoms with Gasteiger partial charge >= 0.3 is 5.97 Å². The van der Waals surface area contributed by atoms with Gasteiger partial charge in [0.1, 0.15) is 11.6 Å². The smallest absolute Gasteiger partial charge is 0.337 e. The van der Waals surface area contributed by atoms with E-state index in [1.54, 1.807) is 25.1 Å². The zero-order chi connectivity index (χ0) is 27.1. The van der Waals surface area contributed by atoms with Gasteiger partial charge in [-0.1, -0.05) is 51.1 Å². The van der Waals surface area contributed by atoms with Crippen LogP contribution in [0.25, 0.3) is 5.76 Å². The number of hydrogen-bond donors (Lipinski definition) is 1. The number of anilines is 1. The highest BCUT2D eigenvalue weighted by Crippen LogP contribution is 2.43. The van der Waals surface area contributed by atoms with Gasteiger partial charge in [-0.3, -0.25) is 14.5 Å². The molecule has 1 fully saturated rings. The Morgan fingerprint density at radius 3 is 2.24 bits per heavy atom. The quantitative estimate of drug-likeness (QED) is 0.210. The number of aryl methyl sites for hydroxylation is 1. The molecule has 0 radical (unpaired) electrons. The first-order valence-corrected chi connectivity index (χ1v) is 11.8. The number of esters is 1. The molecule has 1 atom stereocenters. The maximum Gasteiger partial charge on any atom is 0.337 e. The molecule has 6 nitrogen and oxygen atoms in total. The van der Waals surface area contributed by atoms with Gasteiger partial charge in [0.2, 0.25) is 0 Å². The zero-order valence-corrected chi connectivity index (χ0v) is 21.3. The third kappa shape index (κ3) is 4.77. The maximum absolute atomic E-state index is 13.9. The monoisotopic (exact) mass is 501 g/mol. The summed E-state index contributed by atoms with van der Waals surface area (Å²) in [6, 6.07) is 16.7. The Balaban J connectivity index is 1.94. The van der Waals surface area contributed by atoms with Gasteiger partial charge in [0.05, 0.1) is 24.3 Å². The Bertz CT molecular complexity index is 1430. The molecule has 1 aliphatic heterocycles. The van der Waals surface area contributed by atoms with Gasteiger partial charge in [-0.15, -0.1) is 0 Å². The standard InChI is InChI=1S/C30H28FNO5/c1-17-15-19(11-14-23(17)31)26(33)24-25(18-9-12-21(13-10-18)30(2,3)4)32(28(35)27(24)34)22-8-6-7-20(16-22)29(36)37-5/h6-16,25,33H,1-5H3/b26-24+. The molecule has 37 heavy (non-hydrogen) atoms. The fraction of sp³-hybridized carbons (Fsp3) is 0.233. The van der Waals surface area contributed by atoms with E-state index in [-0.39, 0.29) is 27.7 Å². The number of rotatable bonds is 4. The molecule has 0 bridgehead atoms. The van der Waals surface area contributed by atoms with Crippen LogP contribution in [0.15, 0.2) is 72.3 Å². The SMILES string of the molecule is COC(=O)c1cccc(N2C(=O)C(=O)/C(=C(/O)c3ccc(F)c(C)c3)C2c2ccc(C(C)(C)C)cc2)c1. The predicted octanol–water partition coefficient (Wildman–Crippen LogP) is 5.84. The number of aliphatic hydroxyl groups excluding tert-OH is 1. The highest BCUT2D eigenvalue weighted by Gasteiger charge is 2.47. The maximum atomic E-state index is 13.9. The van der Waals surface area contributed by atoms with Crippen molar-refractivity contribution in [3.63, 3.8) is 0 Å². The van der Waals surface area contributed by atoms with E-state index in [2.05, 4.69) is 20.8 Å². The van der Waals surface area contributed by atoms with Crippen LogP contribution in [0.5, 0.6) is 0 Å². The van der Waals surface area contributed by atoms with Crippen molar-refractivity contribution in [2.45, 2.75) is 39.2 Å². The summed E-state index contributed by atoms with van der Waals surface area (Å²) >= 11 is 0. The van der Waals surface area contributed by atoms with Crippen LogP contribution in [0.1, 0.15) is 59.4 Å². The van der Waals surface area contributed by atoms with Gasteiger partial charge in [-0.2, -0.15) is 0 Å². The van der Waals surface area contributed by atoms with Crippen LogP contribution in [0.3, 0.4) is 0 Å². The number of benzene rings is 3. The van der Waals surface area contributed by atoms with E-state index in [9.17, 15) is 23.9 Å². The van der Waals surface area contributed by atoms with E-state index in [1.165, 1.54) is 36.3 Å². The number of ether oxygens (including phenoxy) is 1. The molecule has 0 saturated carbocycles. The molecule has 190 valence electrons. The van der Waals surface area contributed by atoms with Crippen LogP contribution in [0.4, 0.5) is 10.1 Å². The third-order valence-electron chi connectivity index (χ3n) is 6.51. The van der Waals surface area contributed by atoms with Crippen molar-refractivity contribution in [1.29, 1.82) is 0 Å². The first-order valence-electron chi connectivity index (χ1n) is 11.8. The minimum Gasteiger partial charge on any atom is -0.507 e. The van der Waals surface area contributed by atoms with E-state index >= 15 is 0 Å². The summed E-state index contributed by atoms with van der Waals surface area (Å²) in [6.45, 7) is 7.77. The minimum absolute atomic E-state index is 0.122. The molecule has 4 rings (SSSR count). The average molecular weight is 502 g/mol. The van der Waals surface area contributed by atoms with Crippen molar-refractivity contribution in [2.24, 2.45) is 0 Å². The van der Waals surface area contributed by atoms with Gasteiger partial charge in [-0.25, -0.2) is 9.18 Å². The first-order chi connectivity index (χ1) is 17.4. The van der Waals surface area contributed by atoms with Gasteiger partial charge in [0, 0.05) is 11.3 Å². The third-order valence-corrected chi connectivity index (χ3v) is 6.51. The summed E-state index contributed by atoms with van der Waals surface area (Å²) in [5.41, 5.74) is 2.41. The lowest BCUT2D eigenvalue weighted by atomic mass is 9.85. The van der Waals surface area contributed by atoms with Crippen molar-refractivity contribution in [2.75, 3.05) is 12.0 Å². The van der Waals surface area contributed by atoms with Crippen LogP contribution in [-0.2, 0) is 19.7 Å². The molecule has 1 N–H and O–H groups in total. The molecule has 3 aromatic rings. The summed E-state index contributed by atoms with van der Waals surface area (Å²) in [4.78, 5) is 40.2. The van der Waals surface area contributed by atoms with Crippen molar-refractivity contribution in [3.8, 4) is 0 Å². The molecule has 0 aliphatic carbocycles. The lowest BCUT2D eigenvalue weighted by Gasteiger charge is -2.27. The molecule has 1 aliphatic rings. The highest BCUT2D eigenvalue weighted by molar-refractivity contribution is 6.51. The van der Waals surface area contributed by atoms with Crippen LogP contribution in [0.2, 0.25) is 0 Å². The average Bonchev–Trinajstić information content (AvgIpc) is 3.14. The number of carbonyl (C=O) groups excluding carboxylic acids is 3. The summed E-state index contributed by atoms with van der Waals surface area (Å²) < 4.78 is 18.7. The molecule has 1 amide bonds. The van der Waals surface area contributed by atoms with Crippen molar-refractivity contribution >= 4 is 29.1 Å². The summed E-state index contributed by atoms with van der Waals surface area (Å²) in [5.74, 6) is -3.18. The molecular weight excluding hydrogens is 473 g/mol. The number of halogens is 1. The summed E-state index contributed by atoms with van der Waals surface area (Å²) in [5, 5.41) is 11.3. The molecule has 1 saturated heterocycles. The second-order valence-electron chi connectivity index (χ2n) is 10.0. The number of methoxy groups -OCH3 is 1. The number of nitrogens with zero attached hydrogens (tertiary/aromatic N) is 1. The van der Waals surface area contributed by atoms with Crippen LogP contribution < -0.4 is 4.90 Å². The van der Waals surface area contributed by atoms with E-state index in [1.807, 2.05) is 24.3 Å². The largest absolute Gasteiger partial charge is 0.507 e. The number of Topliss-reactive ketones (excluding diaryl/α,β-unsaturated/α-hetero) is 1. The lowest BCUT2D eigenvalue weighted by Crippen LogP contribution is -2.29. The van der Waals surface area contributed by atoms with E-state index in [0.717, 1.165) is 5.56 Å². The molecule has 0 spiro atoms. The molecule has 0 aromatic heterocycles. The zero-order valence-electron chi connectivity index (χ0n) is 21.3. The van der Waals surface area contributed by atoms with Crippen LogP contribution >= 0.6 is 0 Å². The second-order valence-corrected chi connectivity index (χ2v) is 10.0. The number of carbonyl (C=O) groups is 3. The van der Waals surface area contributed by atoms with Gasteiger partial charge < -0.3 is 9.84 Å². The number of amides is 1. The number of ketones is 1. The summed E-state index contributed by atoms with van der Waals surface area (Å²) in [7, 11) is 1.25. The molecule has 1 unspecified atom stereocenters. The molecular formula is C30H28FNO5. The van der Waals surface area contributed by atoms with Gasteiger partial charge in [0.15, 0.2) is 0 Å². The first kappa shape index (κ1) is 25.8.